The predicted octanol–water partition coefficient (Wildman–Crippen LogP) is 14.8. The van der Waals surface area contributed by atoms with Gasteiger partial charge in [-0.2, -0.15) is 0 Å². The molecule has 0 fully saturated rings. The smallest absolute Gasteiger partial charge is 0.0640 e. The highest BCUT2D eigenvalue weighted by Crippen LogP contribution is 2.46. The number of thiophene rings is 1. The van der Waals surface area contributed by atoms with E-state index in [1.165, 1.54) is 20.9 Å². The molecule has 0 aliphatic heterocycles. The third-order valence-electron chi connectivity index (χ3n) is 9.81. The van der Waals surface area contributed by atoms with E-state index < -0.39 is 0 Å². The molecular formula is C50H33NS. The molecule has 0 aliphatic rings. The Labute approximate surface area is 315 Å². The normalized spacial score (nSPS) is 13.1. The van der Waals surface area contributed by atoms with E-state index in [0.717, 1.165) is 38.3 Å². The fourth-order valence-corrected chi connectivity index (χ4v) is 8.58. The maximum Gasteiger partial charge on any atom is 0.0640 e. The van der Waals surface area contributed by atoms with Gasteiger partial charge in [0.25, 0.3) is 0 Å². The Morgan fingerprint density at radius 3 is 1.85 bits per heavy atom. The molecule has 0 radical (unpaired) electrons. The van der Waals surface area contributed by atoms with Gasteiger partial charge in [-0.3, -0.25) is 0 Å². The lowest BCUT2D eigenvalue weighted by molar-refractivity contribution is 1.30. The van der Waals surface area contributed by atoms with Crippen LogP contribution in [0.5, 0.6) is 0 Å². The number of rotatable bonds is 6. The van der Waals surface area contributed by atoms with Crippen LogP contribution in [0.15, 0.2) is 200 Å². The number of nitrogens with zero attached hydrogens (tertiary/aromatic N) is 1. The first-order valence-electron chi connectivity index (χ1n) is 20.3. The fraction of sp³-hybridized carbons (Fsp3) is 0. The number of fused-ring (bicyclic) bond motifs is 5. The topological polar surface area (TPSA) is 3.24 Å². The molecule has 0 amide bonds. The maximum absolute atomic E-state index is 9.28. The molecular weight excluding hydrogens is 647 g/mol. The van der Waals surface area contributed by atoms with Crippen LogP contribution in [0, 0.1) is 0 Å². The average molecular weight is 686 g/mol. The van der Waals surface area contributed by atoms with Gasteiger partial charge in [-0.15, -0.1) is 11.3 Å². The van der Waals surface area contributed by atoms with Gasteiger partial charge in [0.15, 0.2) is 0 Å². The van der Waals surface area contributed by atoms with Gasteiger partial charge in [-0.05, 0) is 91.3 Å². The summed E-state index contributed by atoms with van der Waals surface area (Å²) in [7, 11) is 0. The fourth-order valence-electron chi connectivity index (χ4n) is 7.38. The van der Waals surface area contributed by atoms with E-state index in [4.69, 9.17) is 5.48 Å². The third kappa shape index (κ3) is 5.16. The van der Waals surface area contributed by atoms with Crippen molar-refractivity contribution in [3.05, 3.63) is 200 Å². The molecule has 0 aliphatic carbocycles. The Kier molecular flexibility index (Phi) is 6.01. The predicted molar refractivity (Wildman–Crippen MR) is 225 cm³/mol. The minimum atomic E-state index is -0.294. The molecule has 9 aromatic carbocycles. The second-order valence-electron chi connectivity index (χ2n) is 12.8. The largest absolute Gasteiger partial charge is 0.309 e. The summed E-state index contributed by atoms with van der Waals surface area (Å²) >= 11 is 1.74. The van der Waals surface area contributed by atoms with E-state index in [0.29, 0.717) is 22.3 Å². The molecule has 0 bridgehead atoms. The van der Waals surface area contributed by atoms with Gasteiger partial charge in [-0.1, -0.05) is 164 Å². The molecule has 1 nitrogen and oxygen atoms in total. The quantitative estimate of drug-likeness (QED) is 0.168. The van der Waals surface area contributed by atoms with Crippen LogP contribution in [0.1, 0.15) is 8.22 Å². The van der Waals surface area contributed by atoms with Crippen molar-refractivity contribution in [2.75, 3.05) is 4.90 Å². The summed E-state index contributed by atoms with van der Waals surface area (Å²) in [6.07, 6.45) is 0. The summed E-state index contributed by atoms with van der Waals surface area (Å²) in [6.45, 7) is 0. The Morgan fingerprint density at radius 1 is 0.404 bits per heavy atom. The second kappa shape index (κ2) is 12.7. The molecule has 1 heterocycles. The highest BCUT2D eigenvalue weighted by Gasteiger charge is 2.19. The van der Waals surface area contributed by atoms with Crippen molar-refractivity contribution in [1.82, 2.24) is 0 Å². The second-order valence-corrected chi connectivity index (χ2v) is 13.9. The Hall–Kier alpha value is -6.48. The molecule has 0 N–H and O–H groups in total. The zero-order valence-corrected chi connectivity index (χ0v) is 28.8. The molecule has 2 heteroatoms. The molecule has 0 saturated heterocycles. The van der Waals surface area contributed by atoms with E-state index in [1.54, 1.807) is 11.3 Å². The zero-order valence-electron chi connectivity index (χ0n) is 33.9. The monoisotopic (exact) mass is 685 g/mol. The van der Waals surface area contributed by atoms with Gasteiger partial charge >= 0.3 is 0 Å². The first-order valence-corrected chi connectivity index (χ1v) is 18.1. The van der Waals surface area contributed by atoms with Crippen LogP contribution in [0.2, 0.25) is 0 Å². The maximum atomic E-state index is 9.28. The zero-order chi connectivity index (χ0) is 39.7. The lowest BCUT2D eigenvalue weighted by Crippen LogP contribution is -2.10. The summed E-state index contributed by atoms with van der Waals surface area (Å²) in [6, 6.07) is 53.6. The third-order valence-corrected chi connectivity index (χ3v) is 11.0. The van der Waals surface area contributed by atoms with Crippen LogP contribution < -0.4 is 4.90 Å². The van der Waals surface area contributed by atoms with Crippen molar-refractivity contribution >= 4 is 70.1 Å². The summed E-state index contributed by atoms with van der Waals surface area (Å²) in [5.41, 5.74) is 6.74. The minimum Gasteiger partial charge on any atom is -0.309 e. The standard InChI is InChI=1S/C50H33NS/c1-2-13-34(14-3-1)42-22-10-25-45-43(23-11-24-44(42)45)37-17-8-18-39(33-37)51(48-27-12-26-47-46-20-6-7-28-49(46)52-50(47)48)38-31-29-36(30-32-38)41-21-9-16-35-15-4-5-19-40(35)41/h1-33H/i10D,11D,22D,23D,24D,25D. The van der Waals surface area contributed by atoms with E-state index >= 15 is 0 Å². The first-order chi connectivity index (χ1) is 28.3. The molecule has 0 saturated carbocycles. The SMILES string of the molecule is [2H]c1c([2H])c(-c2cccc(N(c3ccc(-c4cccc5ccccc45)cc3)c3cccc4c3sc3ccccc34)c2)c2c([2H])c([2H])c([2H])c(-c3ccccc3)c2c1[2H]. The molecule has 52 heavy (non-hydrogen) atoms. The van der Waals surface area contributed by atoms with Crippen LogP contribution >= 0.6 is 11.3 Å². The first kappa shape index (κ1) is 24.6. The van der Waals surface area contributed by atoms with Gasteiger partial charge in [0.2, 0.25) is 0 Å². The van der Waals surface area contributed by atoms with E-state index in [9.17, 15) is 2.74 Å². The van der Waals surface area contributed by atoms with E-state index in [1.807, 2.05) is 54.6 Å². The van der Waals surface area contributed by atoms with Crippen molar-refractivity contribution in [2.24, 2.45) is 0 Å². The van der Waals surface area contributed by atoms with E-state index in [-0.39, 0.29) is 47.0 Å². The van der Waals surface area contributed by atoms with Crippen molar-refractivity contribution in [3.63, 3.8) is 0 Å². The van der Waals surface area contributed by atoms with Gasteiger partial charge in [0, 0.05) is 26.8 Å². The number of anilines is 3. The highest BCUT2D eigenvalue weighted by molar-refractivity contribution is 7.26. The molecule has 10 rings (SSSR count). The molecule has 0 unspecified atom stereocenters. The molecule has 1 aromatic heterocycles. The van der Waals surface area contributed by atoms with Crippen LogP contribution in [-0.4, -0.2) is 0 Å². The Balaban J connectivity index is 1.21. The summed E-state index contributed by atoms with van der Waals surface area (Å²) in [5.74, 6) is 0. The average Bonchev–Trinajstić information content (AvgIpc) is 3.65. The number of benzene rings is 9. The van der Waals surface area contributed by atoms with Crippen LogP contribution in [-0.2, 0) is 0 Å². The van der Waals surface area contributed by atoms with Crippen LogP contribution in [0.4, 0.5) is 17.1 Å². The lowest BCUT2D eigenvalue weighted by Gasteiger charge is -2.27. The summed E-state index contributed by atoms with van der Waals surface area (Å²) in [5, 5.41) is 5.15. The van der Waals surface area contributed by atoms with Crippen molar-refractivity contribution < 1.29 is 8.22 Å². The van der Waals surface area contributed by atoms with Crippen molar-refractivity contribution in [3.8, 4) is 33.4 Å². The van der Waals surface area contributed by atoms with Gasteiger partial charge in [0.05, 0.1) is 18.6 Å². The molecule has 0 spiro atoms. The Morgan fingerprint density at radius 2 is 1.02 bits per heavy atom. The molecule has 0 atom stereocenters. The summed E-state index contributed by atoms with van der Waals surface area (Å²) < 4.78 is 56.7. The van der Waals surface area contributed by atoms with Crippen molar-refractivity contribution in [1.29, 1.82) is 0 Å². The number of hydrogen-bond donors (Lipinski definition) is 0. The molecule has 244 valence electrons. The molecule has 10 aromatic rings. The Bertz CT molecular complexity index is 3240. The lowest BCUT2D eigenvalue weighted by atomic mass is 9.93. The van der Waals surface area contributed by atoms with Crippen molar-refractivity contribution in [2.45, 2.75) is 0 Å². The van der Waals surface area contributed by atoms with Gasteiger partial charge in [0.1, 0.15) is 0 Å². The highest BCUT2D eigenvalue weighted by atomic mass is 32.1. The van der Waals surface area contributed by atoms with Gasteiger partial charge < -0.3 is 4.90 Å². The summed E-state index contributed by atoms with van der Waals surface area (Å²) in [4.78, 5) is 2.22. The van der Waals surface area contributed by atoms with Crippen LogP contribution in [0.3, 0.4) is 0 Å². The van der Waals surface area contributed by atoms with Gasteiger partial charge in [-0.25, -0.2) is 0 Å². The van der Waals surface area contributed by atoms with Crippen LogP contribution in [0.25, 0.3) is 75.1 Å². The minimum absolute atomic E-state index is 0.177. The van der Waals surface area contributed by atoms with E-state index in [2.05, 4.69) is 114 Å². The number of hydrogen-bond acceptors (Lipinski definition) is 2.